The summed E-state index contributed by atoms with van der Waals surface area (Å²) in [6.07, 6.45) is 24.7. The molecule has 0 N–H and O–H groups in total. The number of aryl methyl sites for hydroxylation is 1. The van der Waals surface area contributed by atoms with E-state index in [2.05, 4.69) is 11.9 Å². The van der Waals surface area contributed by atoms with Crippen LogP contribution in [-0.2, 0) is 6.54 Å². The van der Waals surface area contributed by atoms with Gasteiger partial charge in [0.25, 0.3) is 0 Å². The van der Waals surface area contributed by atoms with Crippen molar-refractivity contribution in [2.24, 2.45) is 0 Å². The van der Waals surface area contributed by atoms with Crippen LogP contribution in [0.15, 0.2) is 12.4 Å². The minimum atomic E-state index is -0.410. The molecule has 0 aliphatic carbocycles. The fourth-order valence-electron chi connectivity index (χ4n) is 3.48. The molecule has 0 unspecified atom stereocenters. The van der Waals surface area contributed by atoms with Gasteiger partial charge in [0, 0.05) is 0 Å². The van der Waals surface area contributed by atoms with Crippen LogP contribution in [0, 0.1) is 10.1 Å². The van der Waals surface area contributed by atoms with E-state index in [0.717, 1.165) is 12.8 Å². The van der Waals surface area contributed by atoms with E-state index in [1.165, 1.54) is 96.1 Å². The number of imidazole rings is 1. The van der Waals surface area contributed by atoms with Gasteiger partial charge in [0.1, 0.15) is 12.4 Å². The lowest BCUT2D eigenvalue weighted by atomic mass is 10.0. The number of hydrogen-bond acceptors (Lipinski definition) is 3. The standard InChI is InChI=1S/C21H39N3O2/c1-2-3-4-5-6-7-8-9-10-11-12-13-14-15-16-17-19-23-20-18-22-21(23)24(25)26/h18,20H,2-17,19H2,1H3. The number of nitro groups is 1. The Morgan fingerprint density at radius 2 is 1.23 bits per heavy atom. The molecule has 150 valence electrons. The first-order chi connectivity index (χ1) is 12.8. The summed E-state index contributed by atoms with van der Waals surface area (Å²) >= 11 is 0. The van der Waals surface area contributed by atoms with Gasteiger partial charge in [0.15, 0.2) is 0 Å². The summed E-state index contributed by atoms with van der Waals surface area (Å²) in [5.74, 6) is -0.0361. The Kier molecular flexibility index (Phi) is 13.8. The maximum absolute atomic E-state index is 10.8. The van der Waals surface area contributed by atoms with Gasteiger partial charge in [0.05, 0.1) is 6.54 Å². The molecule has 0 amide bonds. The topological polar surface area (TPSA) is 61.0 Å². The average molecular weight is 366 g/mol. The van der Waals surface area contributed by atoms with Crippen LogP contribution in [-0.4, -0.2) is 14.5 Å². The van der Waals surface area contributed by atoms with Crippen LogP contribution in [0.3, 0.4) is 0 Å². The largest absolute Gasteiger partial charge is 0.434 e. The molecule has 1 heterocycles. The first kappa shape index (κ1) is 22.7. The van der Waals surface area contributed by atoms with E-state index in [4.69, 9.17) is 0 Å². The van der Waals surface area contributed by atoms with Crippen LogP contribution in [0.1, 0.15) is 110 Å². The average Bonchev–Trinajstić information content (AvgIpc) is 3.10. The molecule has 0 fully saturated rings. The normalized spacial score (nSPS) is 11.1. The molecule has 1 aromatic rings. The first-order valence-electron chi connectivity index (χ1n) is 10.9. The van der Waals surface area contributed by atoms with E-state index < -0.39 is 4.92 Å². The summed E-state index contributed by atoms with van der Waals surface area (Å²) in [7, 11) is 0. The molecule has 0 saturated heterocycles. The summed E-state index contributed by atoms with van der Waals surface area (Å²) in [5, 5.41) is 10.8. The number of unbranched alkanes of at least 4 members (excludes halogenated alkanes) is 15. The molecule has 0 spiro atoms. The van der Waals surface area contributed by atoms with E-state index in [1.807, 2.05) is 0 Å². The van der Waals surface area contributed by atoms with Crippen LogP contribution < -0.4 is 0 Å². The van der Waals surface area contributed by atoms with E-state index in [1.54, 1.807) is 10.8 Å². The molecule has 0 atom stereocenters. The molecular formula is C21H39N3O2. The molecule has 0 aromatic carbocycles. The second kappa shape index (κ2) is 15.8. The van der Waals surface area contributed by atoms with Gasteiger partial charge in [-0.05, 0) is 11.3 Å². The Labute approximate surface area is 159 Å². The number of rotatable bonds is 18. The molecular weight excluding hydrogens is 326 g/mol. The zero-order chi connectivity index (χ0) is 18.9. The number of hydrogen-bond donors (Lipinski definition) is 0. The molecule has 0 bridgehead atoms. The summed E-state index contributed by atoms with van der Waals surface area (Å²) in [6, 6.07) is 0. The van der Waals surface area contributed by atoms with E-state index in [-0.39, 0.29) is 5.95 Å². The van der Waals surface area contributed by atoms with Gasteiger partial charge in [0.2, 0.25) is 0 Å². The van der Waals surface area contributed by atoms with Gasteiger partial charge in [-0.2, -0.15) is 0 Å². The number of nitrogens with zero attached hydrogens (tertiary/aromatic N) is 3. The van der Waals surface area contributed by atoms with Crippen molar-refractivity contribution in [2.45, 2.75) is 116 Å². The molecule has 5 heteroatoms. The zero-order valence-corrected chi connectivity index (χ0v) is 16.8. The Hall–Kier alpha value is -1.39. The van der Waals surface area contributed by atoms with Gasteiger partial charge in [-0.25, -0.2) is 4.57 Å². The molecule has 1 rings (SSSR count). The lowest BCUT2D eigenvalue weighted by Gasteiger charge is -2.04. The Morgan fingerprint density at radius 3 is 1.65 bits per heavy atom. The third-order valence-corrected chi connectivity index (χ3v) is 5.11. The molecule has 1 aromatic heterocycles. The van der Waals surface area contributed by atoms with Crippen molar-refractivity contribution in [3.8, 4) is 0 Å². The van der Waals surface area contributed by atoms with Crippen LogP contribution in [0.25, 0.3) is 0 Å². The summed E-state index contributed by atoms with van der Waals surface area (Å²) < 4.78 is 1.64. The first-order valence-corrected chi connectivity index (χ1v) is 10.9. The monoisotopic (exact) mass is 365 g/mol. The predicted molar refractivity (Wildman–Crippen MR) is 108 cm³/mol. The highest BCUT2D eigenvalue weighted by molar-refractivity contribution is 5.06. The maximum atomic E-state index is 10.8. The summed E-state index contributed by atoms with van der Waals surface area (Å²) in [5.41, 5.74) is 0. The second-order valence-corrected chi connectivity index (χ2v) is 7.48. The van der Waals surface area contributed by atoms with Crippen molar-refractivity contribution >= 4 is 5.95 Å². The van der Waals surface area contributed by atoms with Crippen LogP contribution in [0.5, 0.6) is 0 Å². The van der Waals surface area contributed by atoms with Crippen molar-refractivity contribution in [3.05, 3.63) is 22.5 Å². The quantitative estimate of drug-likeness (QED) is 0.159. The van der Waals surface area contributed by atoms with Gasteiger partial charge < -0.3 is 10.1 Å². The van der Waals surface area contributed by atoms with E-state index in [9.17, 15) is 10.1 Å². The zero-order valence-electron chi connectivity index (χ0n) is 16.8. The molecule has 0 aliphatic heterocycles. The second-order valence-electron chi connectivity index (χ2n) is 7.48. The molecule has 0 saturated carbocycles. The third-order valence-electron chi connectivity index (χ3n) is 5.11. The van der Waals surface area contributed by atoms with Crippen molar-refractivity contribution < 1.29 is 4.92 Å². The van der Waals surface area contributed by atoms with Crippen molar-refractivity contribution in [2.75, 3.05) is 0 Å². The minimum absolute atomic E-state index is 0.0361. The molecule has 0 radical (unpaired) electrons. The lowest BCUT2D eigenvalue weighted by Crippen LogP contribution is -2.02. The van der Waals surface area contributed by atoms with E-state index >= 15 is 0 Å². The van der Waals surface area contributed by atoms with Crippen molar-refractivity contribution in [1.82, 2.24) is 9.55 Å². The highest BCUT2D eigenvalue weighted by atomic mass is 16.6. The molecule has 5 nitrogen and oxygen atoms in total. The highest BCUT2D eigenvalue weighted by Gasteiger charge is 2.12. The van der Waals surface area contributed by atoms with Gasteiger partial charge in [-0.3, -0.25) is 0 Å². The SMILES string of the molecule is CCCCCCCCCCCCCCCCCCn1ccnc1[N+](=O)[O-]. The Morgan fingerprint density at radius 1 is 0.808 bits per heavy atom. The minimum Gasteiger partial charge on any atom is -0.390 e. The van der Waals surface area contributed by atoms with Gasteiger partial charge in [-0.1, -0.05) is 108 Å². The fourth-order valence-corrected chi connectivity index (χ4v) is 3.48. The number of aromatic nitrogens is 2. The lowest BCUT2D eigenvalue weighted by molar-refractivity contribution is -0.396. The van der Waals surface area contributed by atoms with Crippen molar-refractivity contribution in [1.29, 1.82) is 0 Å². The fraction of sp³-hybridized carbons (Fsp3) is 0.857. The molecule has 26 heavy (non-hydrogen) atoms. The highest BCUT2D eigenvalue weighted by Crippen LogP contribution is 2.14. The summed E-state index contributed by atoms with van der Waals surface area (Å²) in [6.45, 7) is 2.98. The van der Waals surface area contributed by atoms with Crippen LogP contribution in [0.2, 0.25) is 0 Å². The van der Waals surface area contributed by atoms with Crippen LogP contribution >= 0.6 is 0 Å². The van der Waals surface area contributed by atoms with Gasteiger partial charge in [-0.15, -0.1) is 0 Å². The third kappa shape index (κ3) is 11.3. The van der Waals surface area contributed by atoms with E-state index in [0.29, 0.717) is 6.54 Å². The predicted octanol–water partition coefficient (Wildman–Crippen LogP) is 7.05. The van der Waals surface area contributed by atoms with Gasteiger partial charge >= 0.3 is 5.95 Å². The molecule has 0 aliphatic rings. The van der Waals surface area contributed by atoms with Crippen LogP contribution in [0.4, 0.5) is 5.95 Å². The maximum Gasteiger partial charge on any atom is 0.434 e. The Balaban J connectivity index is 1.80. The smallest absolute Gasteiger partial charge is 0.390 e. The van der Waals surface area contributed by atoms with Crippen molar-refractivity contribution in [3.63, 3.8) is 0 Å². The Bertz CT molecular complexity index is 460. The summed E-state index contributed by atoms with van der Waals surface area (Å²) in [4.78, 5) is 14.1.